The smallest absolute Gasteiger partial charge is 0.243 e. The van der Waals surface area contributed by atoms with E-state index in [4.69, 9.17) is 0 Å². The Labute approximate surface area is 169 Å². The summed E-state index contributed by atoms with van der Waals surface area (Å²) < 4.78 is 0. The molecule has 0 aromatic heterocycles. The molecule has 0 spiro atoms. The summed E-state index contributed by atoms with van der Waals surface area (Å²) in [6.45, 7) is 7.12. The van der Waals surface area contributed by atoms with Crippen molar-refractivity contribution < 1.29 is 9.59 Å². The second-order valence-electron chi connectivity index (χ2n) is 7.25. The number of carbonyl (C=O) groups is 2. The Kier molecular flexibility index (Phi) is 8.73. The van der Waals surface area contributed by atoms with Crippen molar-refractivity contribution in [3.63, 3.8) is 0 Å². The van der Waals surface area contributed by atoms with Crippen LogP contribution in [0.4, 0.5) is 0 Å². The number of amides is 2. The lowest BCUT2D eigenvalue weighted by atomic mass is 10.0. The van der Waals surface area contributed by atoms with Crippen LogP contribution in [-0.4, -0.2) is 29.3 Å². The van der Waals surface area contributed by atoms with Gasteiger partial charge in [-0.05, 0) is 30.9 Å². The van der Waals surface area contributed by atoms with Gasteiger partial charge in [0.05, 0.1) is 0 Å². The fourth-order valence-corrected chi connectivity index (χ4v) is 3.17. The van der Waals surface area contributed by atoms with Gasteiger partial charge in [-0.25, -0.2) is 0 Å². The normalized spacial score (nSPS) is 11.7. The van der Waals surface area contributed by atoms with Crippen LogP contribution in [0.5, 0.6) is 0 Å². The van der Waals surface area contributed by atoms with Crippen molar-refractivity contribution in [1.82, 2.24) is 10.2 Å². The summed E-state index contributed by atoms with van der Waals surface area (Å²) in [5.74, 6) is -0.0575. The van der Waals surface area contributed by atoms with Crippen LogP contribution in [0.25, 0.3) is 0 Å². The second-order valence-corrected chi connectivity index (χ2v) is 7.25. The van der Waals surface area contributed by atoms with Crippen molar-refractivity contribution in [3.05, 3.63) is 71.3 Å². The number of nitrogens with zero attached hydrogens (tertiary/aromatic N) is 1. The minimum atomic E-state index is -0.519. The first kappa shape index (κ1) is 21.7. The molecule has 2 aromatic carbocycles. The Balaban J connectivity index is 2.32. The molecule has 1 N–H and O–H groups in total. The van der Waals surface area contributed by atoms with Crippen LogP contribution in [0.3, 0.4) is 0 Å². The molecule has 1 atom stereocenters. The maximum absolute atomic E-state index is 13.0. The molecule has 2 amide bonds. The third kappa shape index (κ3) is 6.52. The van der Waals surface area contributed by atoms with Gasteiger partial charge in [-0.1, -0.05) is 74.0 Å². The van der Waals surface area contributed by atoms with Crippen LogP contribution >= 0.6 is 0 Å². The van der Waals surface area contributed by atoms with Gasteiger partial charge in [-0.3, -0.25) is 9.59 Å². The standard InChI is InChI=1S/C24H32N2O2/c1-4-9-23(27)26(18-21-14-12-19(3)13-15-21)22(24(28)25-16-5-2)17-20-10-7-6-8-11-20/h6-8,10-15,22H,4-5,9,16-18H2,1-3H3,(H,25,28)/t22-/m1/s1. The maximum Gasteiger partial charge on any atom is 0.243 e. The van der Waals surface area contributed by atoms with Crippen LogP contribution in [0.2, 0.25) is 0 Å². The van der Waals surface area contributed by atoms with Gasteiger partial charge in [-0.2, -0.15) is 0 Å². The number of nitrogens with one attached hydrogen (secondary N) is 1. The molecule has 4 nitrogen and oxygen atoms in total. The zero-order valence-corrected chi connectivity index (χ0v) is 17.3. The molecular formula is C24H32N2O2. The lowest BCUT2D eigenvalue weighted by Gasteiger charge is -2.31. The van der Waals surface area contributed by atoms with Gasteiger partial charge in [0.25, 0.3) is 0 Å². The number of carbonyl (C=O) groups excluding carboxylic acids is 2. The average Bonchev–Trinajstić information content (AvgIpc) is 2.71. The first-order valence-electron chi connectivity index (χ1n) is 10.2. The highest BCUT2D eigenvalue weighted by Gasteiger charge is 2.29. The maximum atomic E-state index is 13.0. The van der Waals surface area contributed by atoms with Gasteiger partial charge in [0.2, 0.25) is 11.8 Å². The lowest BCUT2D eigenvalue weighted by Crippen LogP contribution is -2.50. The molecule has 28 heavy (non-hydrogen) atoms. The van der Waals surface area contributed by atoms with E-state index in [2.05, 4.69) is 5.32 Å². The highest BCUT2D eigenvalue weighted by molar-refractivity contribution is 5.88. The van der Waals surface area contributed by atoms with Gasteiger partial charge < -0.3 is 10.2 Å². The largest absolute Gasteiger partial charge is 0.354 e. The van der Waals surface area contributed by atoms with E-state index in [0.29, 0.717) is 25.9 Å². The molecule has 0 aliphatic carbocycles. The number of hydrogen-bond donors (Lipinski definition) is 1. The minimum Gasteiger partial charge on any atom is -0.354 e. The third-order valence-corrected chi connectivity index (χ3v) is 4.76. The fraction of sp³-hybridized carbons (Fsp3) is 0.417. The van der Waals surface area contributed by atoms with Crippen molar-refractivity contribution in [3.8, 4) is 0 Å². The molecule has 0 aliphatic heterocycles. The number of aryl methyl sites for hydroxylation is 1. The van der Waals surface area contributed by atoms with Gasteiger partial charge >= 0.3 is 0 Å². The number of hydrogen-bond acceptors (Lipinski definition) is 2. The lowest BCUT2D eigenvalue weighted by molar-refractivity contribution is -0.141. The first-order chi connectivity index (χ1) is 13.5. The van der Waals surface area contributed by atoms with Crippen molar-refractivity contribution in [2.24, 2.45) is 0 Å². The molecule has 0 fully saturated rings. The minimum absolute atomic E-state index is 0.0238. The number of benzene rings is 2. The van der Waals surface area contributed by atoms with E-state index in [0.717, 1.165) is 24.0 Å². The quantitative estimate of drug-likeness (QED) is 0.669. The van der Waals surface area contributed by atoms with Crippen LogP contribution in [0.15, 0.2) is 54.6 Å². The summed E-state index contributed by atoms with van der Waals surface area (Å²) >= 11 is 0. The van der Waals surface area contributed by atoms with Crippen LogP contribution in [0, 0.1) is 6.92 Å². The SMILES string of the molecule is CCCNC(=O)[C@@H](Cc1ccccc1)N(Cc1ccc(C)cc1)C(=O)CCC. The third-order valence-electron chi connectivity index (χ3n) is 4.76. The Morgan fingerprint density at radius 3 is 2.21 bits per heavy atom. The summed E-state index contributed by atoms with van der Waals surface area (Å²) in [4.78, 5) is 27.7. The van der Waals surface area contributed by atoms with Gasteiger partial charge in [0, 0.05) is 25.9 Å². The molecule has 4 heteroatoms. The van der Waals surface area contributed by atoms with Crippen molar-refractivity contribution in [2.75, 3.05) is 6.54 Å². The van der Waals surface area contributed by atoms with Crippen molar-refractivity contribution in [2.45, 2.75) is 59.0 Å². The highest BCUT2D eigenvalue weighted by atomic mass is 16.2. The highest BCUT2D eigenvalue weighted by Crippen LogP contribution is 2.16. The summed E-state index contributed by atoms with van der Waals surface area (Å²) in [5, 5.41) is 2.99. The van der Waals surface area contributed by atoms with E-state index in [-0.39, 0.29) is 11.8 Å². The topological polar surface area (TPSA) is 49.4 Å². The van der Waals surface area contributed by atoms with Gasteiger partial charge in [0.15, 0.2) is 0 Å². The summed E-state index contributed by atoms with van der Waals surface area (Å²) in [6, 6.07) is 17.5. The molecule has 0 bridgehead atoms. The van der Waals surface area contributed by atoms with Crippen LogP contribution < -0.4 is 5.32 Å². The Morgan fingerprint density at radius 2 is 1.61 bits per heavy atom. The molecule has 0 aliphatic rings. The predicted molar refractivity (Wildman–Crippen MR) is 114 cm³/mol. The van der Waals surface area contributed by atoms with E-state index in [1.165, 1.54) is 5.56 Å². The number of rotatable bonds is 10. The molecule has 0 radical (unpaired) electrons. The molecule has 0 saturated carbocycles. The first-order valence-corrected chi connectivity index (χ1v) is 10.2. The van der Waals surface area contributed by atoms with Crippen molar-refractivity contribution >= 4 is 11.8 Å². The second kappa shape index (κ2) is 11.3. The Morgan fingerprint density at radius 1 is 0.929 bits per heavy atom. The van der Waals surface area contributed by atoms with E-state index in [9.17, 15) is 9.59 Å². The summed E-state index contributed by atoms with van der Waals surface area (Å²) in [7, 11) is 0. The fourth-order valence-electron chi connectivity index (χ4n) is 3.17. The van der Waals surface area contributed by atoms with Gasteiger partial charge in [-0.15, -0.1) is 0 Å². The summed E-state index contributed by atoms with van der Waals surface area (Å²) in [6.07, 6.45) is 2.58. The molecular weight excluding hydrogens is 348 g/mol. The van der Waals surface area contributed by atoms with Crippen LogP contribution in [-0.2, 0) is 22.6 Å². The molecule has 0 heterocycles. The van der Waals surface area contributed by atoms with Crippen molar-refractivity contribution in [1.29, 1.82) is 0 Å². The Hall–Kier alpha value is -2.62. The molecule has 0 unspecified atom stereocenters. The Bertz CT molecular complexity index is 741. The van der Waals surface area contributed by atoms with E-state index >= 15 is 0 Å². The molecule has 2 aromatic rings. The summed E-state index contributed by atoms with van der Waals surface area (Å²) in [5.41, 5.74) is 3.27. The molecule has 2 rings (SSSR count). The zero-order valence-electron chi connectivity index (χ0n) is 17.3. The molecule has 0 saturated heterocycles. The van der Waals surface area contributed by atoms with E-state index in [1.54, 1.807) is 4.90 Å². The monoisotopic (exact) mass is 380 g/mol. The van der Waals surface area contributed by atoms with Gasteiger partial charge in [0.1, 0.15) is 6.04 Å². The molecule has 150 valence electrons. The zero-order chi connectivity index (χ0) is 20.4. The van der Waals surface area contributed by atoms with Crippen LogP contribution in [0.1, 0.15) is 49.8 Å². The predicted octanol–water partition coefficient (Wildman–Crippen LogP) is 4.26. The average molecular weight is 381 g/mol. The van der Waals surface area contributed by atoms with E-state index < -0.39 is 6.04 Å². The van der Waals surface area contributed by atoms with E-state index in [1.807, 2.05) is 75.4 Å².